The Balaban J connectivity index is 1.77. The van der Waals surface area contributed by atoms with Crippen molar-refractivity contribution in [3.63, 3.8) is 0 Å². The molecule has 120 valence electrons. The molecule has 2 unspecified atom stereocenters. The Morgan fingerprint density at radius 1 is 0.619 bits per heavy atom. The first kappa shape index (κ1) is 15.9. The summed E-state index contributed by atoms with van der Waals surface area (Å²) in [5.74, 6) is 0. The van der Waals surface area contributed by atoms with Crippen LogP contribution in [0.5, 0.6) is 0 Å². The molecule has 0 heterocycles. The van der Waals surface area contributed by atoms with Crippen molar-refractivity contribution in [3.8, 4) is 0 Å². The number of nitrogens with zero attached hydrogens (tertiary/aromatic N) is 1. The third kappa shape index (κ3) is 3.87. The van der Waals surface area contributed by atoms with E-state index in [-0.39, 0.29) is 14.0 Å². The van der Waals surface area contributed by atoms with Gasteiger partial charge in [-0.15, -0.1) is 0 Å². The van der Waals surface area contributed by atoms with Gasteiger partial charge in [0.15, 0.2) is 0 Å². The van der Waals surface area contributed by atoms with E-state index >= 15 is 0 Å². The predicted molar refractivity (Wildman–Crippen MR) is 92.5 cm³/mol. The fourth-order valence-corrected chi connectivity index (χ4v) is 9.84. The van der Waals surface area contributed by atoms with Crippen LogP contribution in [0.15, 0.2) is 5.18 Å². The van der Waals surface area contributed by atoms with Gasteiger partial charge in [-0.05, 0) is 49.8 Å². The zero-order valence-corrected chi connectivity index (χ0v) is 14.4. The van der Waals surface area contributed by atoms with Crippen LogP contribution in [0.1, 0.15) is 89.9 Å². The molecule has 3 aliphatic carbocycles. The zero-order valence-electron chi connectivity index (χ0n) is 13.5. The lowest BCUT2D eigenvalue weighted by atomic mass is 9.95. The highest BCUT2D eigenvalue weighted by atomic mass is 31.1. The summed E-state index contributed by atoms with van der Waals surface area (Å²) >= 11 is 0. The van der Waals surface area contributed by atoms with Gasteiger partial charge in [-0.3, -0.25) is 0 Å². The van der Waals surface area contributed by atoms with Crippen molar-refractivity contribution in [2.75, 3.05) is 0 Å². The Morgan fingerprint density at radius 2 is 1.10 bits per heavy atom. The Morgan fingerprint density at radius 3 is 1.62 bits per heavy atom. The van der Waals surface area contributed by atoms with E-state index in [1.54, 1.807) is 0 Å². The second kappa shape index (κ2) is 8.04. The van der Waals surface area contributed by atoms with Gasteiger partial charge in [0.1, 0.15) is 0 Å². The SMILES string of the molecule is O=NC1CCCCC1P(C1CCCCC1)C1CCCCC1. The van der Waals surface area contributed by atoms with E-state index in [2.05, 4.69) is 5.18 Å². The molecule has 0 aromatic carbocycles. The maximum Gasteiger partial charge on any atom is 0.0986 e. The van der Waals surface area contributed by atoms with Crippen LogP contribution in [0, 0.1) is 4.91 Å². The summed E-state index contributed by atoms with van der Waals surface area (Å²) in [6.45, 7) is 0. The monoisotopic (exact) mass is 309 g/mol. The van der Waals surface area contributed by atoms with E-state index in [1.807, 2.05) is 0 Å². The number of hydrogen-bond acceptors (Lipinski definition) is 2. The lowest BCUT2D eigenvalue weighted by Crippen LogP contribution is -2.34. The Bertz CT molecular complexity index is 305. The highest BCUT2D eigenvalue weighted by Gasteiger charge is 2.41. The van der Waals surface area contributed by atoms with Crippen LogP contribution in [0.4, 0.5) is 0 Å². The highest BCUT2D eigenvalue weighted by Crippen LogP contribution is 2.62. The second-order valence-corrected chi connectivity index (χ2v) is 10.6. The van der Waals surface area contributed by atoms with Crippen LogP contribution in [0.3, 0.4) is 0 Å². The van der Waals surface area contributed by atoms with Gasteiger partial charge in [-0.1, -0.05) is 64.5 Å². The Labute approximate surface area is 131 Å². The fourth-order valence-electron chi connectivity index (χ4n) is 5.16. The molecular formula is C18H32NOP. The largest absolute Gasteiger partial charge is 0.150 e. The molecule has 0 spiro atoms. The first-order chi connectivity index (χ1) is 10.4. The van der Waals surface area contributed by atoms with E-state index in [1.165, 1.54) is 83.5 Å². The fraction of sp³-hybridized carbons (Fsp3) is 1.00. The average molecular weight is 309 g/mol. The van der Waals surface area contributed by atoms with Gasteiger partial charge < -0.3 is 0 Å². The van der Waals surface area contributed by atoms with E-state index in [0.717, 1.165) is 17.7 Å². The van der Waals surface area contributed by atoms with Crippen LogP contribution in [0.25, 0.3) is 0 Å². The van der Waals surface area contributed by atoms with Gasteiger partial charge in [-0.2, -0.15) is 4.91 Å². The molecule has 3 fully saturated rings. The third-order valence-electron chi connectivity index (χ3n) is 6.20. The maximum atomic E-state index is 11.4. The maximum absolute atomic E-state index is 11.4. The van der Waals surface area contributed by atoms with Gasteiger partial charge in [0.05, 0.1) is 6.04 Å². The third-order valence-corrected chi connectivity index (χ3v) is 10.3. The molecule has 0 amide bonds. The molecule has 0 bridgehead atoms. The summed E-state index contributed by atoms with van der Waals surface area (Å²) in [5, 5.41) is 3.61. The van der Waals surface area contributed by atoms with Crippen LogP contribution in [-0.4, -0.2) is 23.0 Å². The number of hydrogen-bond donors (Lipinski definition) is 0. The quantitative estimate of drug-likeness (QED) is 0.448. The van der Waals surface area contributed by atoms with Crippen molar-refractivity contribution in [2.45, 2.75) is 113 Å². The minimum absolute atomic E-state index is 0.0460. The van der Waals surface area contributed by atoms with Crippen LogP contribution >= 0.6 is 7.92 Å². The molecule has 3 heteroatoms. The van der Waals surface area contributed by atoms with E-state index < -0.39 is 0 Å². The lowest BCUT2D eigenvalue weighted by molar-refractivity contribution is 0.427. The molecular weight excluding hydrogens is 277 g/mol. The van der Waals surface area contributed by atoms with Crippen LogP contribution in [0.2, 0.25) is 0 Å². The van der Waals surface area contributed by atoms with E-state index in [9.17, 15) is 4.91 Å². The van der Waals surface area contributed by atoms with E-state index in [0.29, 0.717) is 5.66 Å². The minimum atomic E-state index is 0.0460. The number of nitroso groups, excluding NO2 is 1. The van der Waals surface area contributed by atoms with Crippen molar-refractivity contribution >= 4 is 7.92 Å². The smallest absolute Gasteiger partial charge is 0.0986 e. The highest BCUT2D eigenvalue weighted by molar-refractivity contribution is 7.60. The van der Waals surface area contributed by atoms with Crippen molar-refractivity contribution in [3.05, 3.63) is 4.91 Å². The zero-order chi connectivity index (χ0) is 14.5. The van der Waals surface area contributed by atoms with Crippen molar-refractivity contribution in [1.29, 1.82) is 0 Å². The molecule has 2 atom stereocenters. The molecule has 0 aromatic rings. The van der Waals surface area contributed by atoms with E-state index in [4.69, 9.17) is 0 Å². The molecule has 3 rings (SSSR count). The molecule has 3 saturated carbocycles. The standard InChI is InChI=1S/C18H32NOP/c20-19-17-13-7-8-14-18(17)21(15-9-3-1-4-10-15)16-11-5-2-6-12-16/h15-18H,1-14H2. The summed E-state index contributed by atoms with van der Waals surface area (Å²) in [5.41, 5.74) is 2.64. The lowest BCUT2D eigenvalue weighted by Gasteiger charge is -2.45. The normalized spacial score (nSPS) is 33.2. The summed E-state index contributed by atoms with van der Waals surface area (Å²) in [6, 6.07) is 0.175. The molecule has 0 saturated heterocycles. The van der Waals surface area contributed by atoms with Gasteiger partial charge in [0, 0.05) is 5.66 Å². The van der Waals surface area contributed by atoms with Crippen LogP contribution in [-0.2, 0) is 0 Å². The molecule has 0 radical (unpaired) electrons. The molecule has 0 N–H and O–H groups in total. The summed E-state index contributed by atoms with van der Waals surface area (Å²) < 4.78 is 0. The number of rotatable bonds is 4. The summed E-state index contributed by atoms with van der Waals surface area (Å²) in [7, 11) is 0.0460. The predicted octanol–water partition coefficient (Wildman–Crippen LogP) is 6.21. The van der Waals surface area contributed by atoms with Crippen molar-refractivity contribution in [1.82, 2.24) is 0 Å². The average Bonchev–Trinajstić information content (AvgIpc) is 2.58. The molecule has 0 aliphatic heterocycles. The van der Waals surface area contributed by atoms with Gasteiger partial charge in [-0.25, -0.2) is 0 Å². The van der Waals surface area contributed by atoms with Crippen LogP contribution < -0.4 is 0 Å². The van der Waals surface area contributed by atoms with Crippen molar-refractivity contribution in [2.24, 2.45) is 5.18 Å². The Hall–Kier alpha value is 0.0300. The summed E-state index contributed by atoms with van der Waals surface area (Å²) in [6.07, 6.45) is 19.5. The van der Waals surface area contributed by atoms with Gasteiger partial charge in [0.2, 0.25) is 0 Å². The molecule has 3 aliphatic rings. The minimum Gasteiger partial charge on any atom is -0.150 e. The topological polar surface area (TPSA) is 29.4 Å². The molecule has 0 aromatic heterocycles. The van der Waals surface area contributed by atoms with Gasteiger partial charge >= 0.3 is 0 Å². The molecule has 2 nitrogen and oxygen atoms in total. The van der Waals surface area contributed by atoms with Crippen molar-refractivity contribution < 1.29 is 0 Å². The first-order valence-corrected chi connectivity index (χ1v) is 11.0. The first-order valence-electron chi connectivity index (χ1n) is 9.50. The van der Waals surface area contributed by atoms with Gasteiger partial charge in [0.25, 0.3) is 0 Å². The second-order valence-electron chi connectivity index (χ2n) is 7.56. The Kier molecular flexibility index (Phi) is 6.09. The molecule has 21 heavy (non-hydrogen) atoms. The summed E-state index contributed by atoms with van der Waals surface area (Å²) in [4.78, 5) is 11.4.